The minimum atomic E-state index is -3.62. The molecule has 0 saturated carbocycles. The maximum absolute atomic E-state index is 12.2. The summed E-state index contributed by atoms with van der Waals surface area (Å²) < 4.78 is 27.6. The van der Waals surface area contributed by atoms with E-state index in [9.17, 15) is 13.2 Å². The second-order valence-corrected chi connectivity index (χ2v) is 8.46. The van der Waals surface area contributed by atoms with Gasteiger partial charge >= 0.3 is 0 Å². The highest BCUT2D eigenvalue weighted by molar-refractivity contribution is 9.10. The van der Waals surface area contributed by atoms with Gasteiger partial charge in [0, 0.05) is 31.0 Å². The van der Waals surface area contributed by atoms with Crippen molar-refractivity contribution in [2.45, 2.75) is 24.8 Å². The molecule has 0 fully saturated rings. The lowest BCUT2D eigenvalue weighted by atomic mass is 10.1. The van der Waals surface area contributed by atoms with Crippen LogP contribution in [0.1, 0.15) is 17.5 Å². The van der Waals surface area contributed by atoms with Crippen molar-refractivity contribution in [3.8, 4) is 0 Å². The molecule has 0 saturated heterocycles. The zero-order chi connectivity index (χ0) is 18.4. The van der Waals surface area contributed by atoms with E-state index in [-0.39, 0.29) is 23.8 Å². The lowest BCUT2D eigenvalue weighted by molar-refractivity contribution is -0.130. The molecule has 5 nitrogen and oxygen atoms in total. The van der Waals surface area contributed by atoms with Crippen LogP contribution in [0.2, 0.25) is 0 Å². The summed E-state index contributed by atoms with van der Waals surface area (Å²) in [7, 11) is -1.90. The van der Waals surface area contributed by atoms with Crippen molar-refractivity contribution >= 4 is 31.9 Å². The van der Waals surface area contributed by atoms with Crippen molar-refractivity contribution < 1.29 is 13.2 Å². The summed E-state index contributed by atoms with van der Waals surface area (Å²) in [5.41, 5.74) is 2.20. The van der Waals surface area contributed by atoms with Gasteiger partial charge in [-0.2, -0.15) is 0 Å². The fraction of sp³-hybridized carbons (Fsp3) is 0.278. The van der Waals surface area contributed by atoms with Gasteiger partial charge in [0.05, 0.1) is 4.90 Å². The molecule has 0 aliphatic rings. The molecule has 2 rings (SSSR count). The van der Waals surface area contributed by atoms with Gasteiger partial charge in [-0.05, 0) is 36.2 Å². The Morgan fingerprint density at radius 2 is 1.88 bits per heavy atom. The van der Waals surface area contributed by atoms with Crippen LogP contribution in [0.5, 0.6) is 0 Å². The summed E-state index contributed by atoms with van der Waals surface area (Å²) in [6, 6.07) is 14.3. The van der Waals surface area contributed by atoms with Crippen molar-refractivity contribution in [3.05, 3.63) is 64.1 Å². The van der Waals surface area contributed by atoms with E-state index in [2.05, 4.69) is 20.7 Å². The van der Waals surface area contributed by atoms with E-state index >= 15 is 0 Å². The van der Waals surface area contributed by atoms with Crippen molar-refractivity contribution in [3.63, 3.8) is 0 Å². The maximum atomic E-state index is 12.2. The van der Waals surface area contributed by atoms with Crippen LogP contribution in [0.25, 0.3) is 0 Å². The highest BCUT2D eigenvalue weighted by Crippen LogP contribution is 2.16. The summed E-state index contributed by atoms with van der Waals surface area (Å²) in [6.07, 6.45) is 0.107. The molecule has 7 heteroatoms. The standard InChI is InChI=1S/C18H21BrN2O3S/c1-14-6-3-4-7-15(14)13-21(2)18(22)10-11-20-25(23,24)17-9-5-8-16(19)12-17/h3-9,12,20H,10-11,13H2,1-2H3. The average Bonchev–Trinajstić information content (AvgIpc) is 2.56. The number of hydrogen-bond acceptors (Lipinski definition) is 3. The summed E-state index contributed by atoms with van der Waals surface area (Å²) in [5, 5.41) is 0. The number of aryl methyl sites for hydroxylation is 1. The lowest BCUT2D eigenvalue weighted by Gasteiger charge is -2.18. The lowest BCUT2D eigenvalue weighted by Crippen LogP contribution is -2.32. The first-order valence-electron chi connectivity index (χ1n) is 7.83. The normalized spacial score (nSPS) is 11.3. The molecule has 1 amide bonds. The molecule has 0 aliphatic carbocycles. The van der Waals surface area contributed by atoms with E-state index in [1.165, 1.54) is 12.1 Å². The van der Waals surface area contributed by atoms with E-state index in [0.29, 0.717) is 11.0 Å². The van der Waals surface area contributed by atoms with Gasteiger partial charge in [-0.25, -0.2) is 13.1 Å². The molecule has 134 valence electrons. The van der Waals surface area contributed by atoms with Crippen LogP contribution in [0.3, 0.4) is 0 Å². The molecule has 2 aromatic rings. The van der Waals surface area contributed by atoms with Gasteiger partial charge in [-0.3, -0.25) is 4.79 Å². The molecule has 0 atom stereocenters. The Morgan fingerprint density at radius 1 is 1.16 bits per heavy atom. The van der Waals surface area contributed by atoms with Gasteiger partial charge < -0.3 is 4.90 Å². The molecule has 0 spiro atoms. The van der Waals surface area contributed by atoms with Gasteiger partial charge in [-0.1, -0.05) is 46.3 Å². The quantitative estimate of drug-likeness (QED) is 0.742. The molecule has 0 bridgehead atoms. The molecule has 25 heavy (non-hydrogen) atoms. The van der Waals surface area contributed by atoms with Crippen LogP contribution in [-0.4, -0.2) is 32.8 Å². The van der Waals surface area contributed by atoms with Crippen LogP contribution in [0.4, 0.5) is 0 Å². The number of hydrogen-bond donors (Lipinski definition) is 1. The van der Waals surface area contributed by atoms with E-state index in [1.54, 1.807) is 24.1 Å². The number of nitrogens with zero attached hydrogens (tertiary/aromatic N) is 1. The first-order chi connectivity index (χ1) is 11.8. The first-order valence-corrected chi connectivity index (χ1v) is 10.1. The van der Waals surface area contributed by atoms with E-state index in [1.807, 2.05) is 31.2 Å². The predicted octanol–water partition coefficient (Wildman–Crippen LogP) is 3.08. The van der Waals surface area contributed by atoms with Crippen molar-refractivity contribution in [1.29, 1.82) is 0 Å². The second kappa shape index (κ2) is 8.60. The maximum Gasteiger partial charge on any atom is 0.240 e. The van der Waals surface area contributed by atoms with Crippen molar-refractivity contribution in [2.24, 2.45) is 0 Å². The van der Waals surface area contributed by atoms with Crippen LogP contribution in [-0.2, 0) is 21.4 Å². The predicted molar refractivity (Wildman–Crippen MR) is 102 cm³/mol. The Bertz CT molecular complexity index is 853. The van der Waals surface area contributed by atoms with Crippen LogP contribution < -0.4 is 4.72 Å². The first kappa shape index (κ1) is 19.6. The topological polar surface area (TPSA) is 66.5 Å². The van der Waals surface area contributed by atoms with Crippen LogP contribution in [0, 0.1) is 6.92 Å². The Labute approximate surface area is 157 Å². The number of nitrogens with one attached hydrogen (secondary N) is 1. The Kier molecular flexibility index (Phi) is 6.75. The molecule has 1 N–H and O–H groups in total. The Balaban J connectivity index is 1.88. The fourth-order valence-electron chi connectivity index (χ4n) is 2.33. The SMILES string of the molecule is Cc1ccccc1CN(C)C(=O)CCNS(=O)(=O)c1cccc(Br)c1. The van der Waals surface area contributed by atoms with Gasteiger partial charge in [-0.15, -0.1) is 0 Å². The van der Waals surface area contributed by atoms with Crippen LogP contribution >= 0.6 is 15.9 Å². The third-order valence-corrected chi connectivity index (χ3v) is 5.78. The molecule has 0 aliphatic heterocycles. The smallest absolute Gasteiger partial charge is 0.240 e. The summed E-state index contributed by atoms with van der Waals surface area (Å²) in [6.45, 7) is 2.56. The van der Waals surface area contributed by atoms with E-state index in [4.69, 9.17) is 0 Å². The molecule has 0 radical (unpaired) electrons. The molecular formula is C18H21BrN2O3S. The third-order valence-electron chi connectivity index (χ3n) is 3.83. The minimum absolute atomic E-state index is 0.0613. The zero-order valence-electron chi connectivity index (χ0n) is 14.2. The van der Waals surface area contributed by atoms with Crippen LogP contribution in [0.15, 0.2) is 57.9 Å². The largest absolute Gasteiger partial charge is 0.341 e. The second-order valence-electron chi connectivity index (χ2n) is 5.78. The monoisotopic (exact) mass is 424 g/mol. The zero-order valence-corrected chi connectivity index (χ0v) is 16.6. The number of rotatable bonds is 7. The van der Waals surface area contributed by atoms with Gasteiger partial charge in [0.2, 0.25) is 15.9 Å². The van der Waals surface area contributed by atoms with Gasteiger partial charge in [0.1, 0.15) is 0 Å². The number of sulfonamides is 1. The number of amides is 1. The number of benzene rings is 2. The van der Waals surface area contributed by atoms with E-state index < -0.39 is 10.0 Å². The van der Waals surface area contributed by atoms with Crippen molar-refractivity contribution in [2.75, 3.05) is 13.6 Å². The molecule has 2 aromatic carbocycles. The van der Waals surface area contributed by atoms with Gasteiger partial charge in [0.25, 0.3) is 0 Å². The van der Waals surface area contributed by atoms with Gasteiger partial charge in [0.15, 0.2) is 0 Å². The van der Waals surface area contributed by atoms with E-state index in [0.717, 1.165) is 11.1 Å². The third kappa shape index (κ3) is 5.66. The summed E-state index contributed by atoms with van der Waals surface area (Å²) >= 11 is 3.25. The average molecular weight is 425 g/mol. The fourth-order valence-corrected chi connectivity index (χ4v) is 3.96. The highest BCUT2D eigenvalue weighted by atomic mass is 79.9. The summed E-state index contributed by atoms with van der Waals surface area (Å²) in [4.78, 5) is 14.0. The Hall–Kier alpha value is -1.70. The molecular weight excluding hydrogens is 404 g/mol. The number of carbonyl (C=O) groups excluding carboxylic acids is 1. The molecule has 0 heterocycles. The highest BCUT2D eigenvalue weighted by Gasteiger charge is 2.16. The summed E-state index contributed by atoms with van der Waals surface area (Å²) in [5.74, 6) is -0.111. The molecule has 0 aromatic heterocycles. The minimum Gasteiger partial charge on any atom is -0.341 e. The number of halogens is 1. The molecule has 0 unspecified atom stereocenters. The van der Waals surface area contributed by atoms with Crippen molar-refractivity contribution in [1.82, 2.24) is 9.62 Å². The Morgan fingerprint density at radius 3 is 2.56 bits per heavy atom. The number of carbonyl (C=O) groups is 1.